The van der Waals surface area contributed by atoms with Crippen LogP contribution in [0.3, 0.4) is 0 Å². The van der Waals surface area contributed by atoms with Crippen LogP contribution in [0.2, 0.25) is 0 Å². The summed E-state index contributed by atoms with van der Waals surface area (Å²) < 4.78 is 5.50. The average Bonchev–Trinajstić information content (AvgIpc) is 2.81. The molecule has 0 saturated carbocycles. The van der Waals surface area contributed by atoms with Crippen molar-refractivity contribution in [3.8, 4) is 0 Å². The van der Waals surface area contributed by atoms with E-state index in [1.807, 2.05) is 0 Å². The van der Waals surface area contributed by atoms with E-state index in [0.717, 1.165) is 0 Å². The first-order valence-electron chi connectivity index (χ1n) is 5.79. The van der Waals surface area contributed by atoms with E-state index in [9.17, 15) is 14.4 Å². The van der Waals surface area contributed by atoms with Crippen molar-refractivity contribution >= 4 is 40.9 Å². The molecule has 0 bridgehead atoms. The van der Waals surface area contributed by atoms with Gasteiger partial charge in [-0.25, -0.2) is 4.98 Å². The Morgan fingerprint density at radius 1 is 1.50 bits per heavy atom. The Bertz CT molecular complexity index is 490. The summed E-state index contributed by atoms with van der Waals surface area (Å²) in [6.07, 6.45) is 0.124. The smallest absolute Gasteiger partial charge is 0.311 e. The maximum absolute atomic E-state index is 11.4. The predicted octanol–water partition coefficient (Wildman–Crippen LogP) is -0.0577. The van der Waals surface area contributed by atoms with Crippen LogP contribution in [0, 0.1) is 0 Å². The van der Waals surface area contributed by atoms with Gasteiger partial charge in [-0.3, -0.25) is 14.4 Å². The zero-order valence-electron chi connectivity index (χ0n) is 10.9. The van der Waals surface area contributed by atoms with Crippen LogP contribution in [0.1, 0.15) is 12.6 Å². The first kappa shape index (κ1) is 16.4. The molecule has 0 radical (unpaired) electrons. The predicted molar refractivity (Wildman–Crippen MR) is 75.4 cm³/mol. The number of hydrogen-bond acceptors (Lipinski definition) is 7. The number of hydrogen-bond donors (Lipinski definition) is 2. The molecule has 0 spiro atoms. The van der Waals surface area contributed by atoms with Crippen molar-refractivity contribution in [2.45, 2.75) is 17.7 Å². The number of thioether (sulfide) groups is 1. The summed E-state index contributed by atoms with van der Waals surface area (Å²) in [5.74, 6) is -1.07. The molecule has 20 heavy (non-hydrogen) atoms. The maximum Gasteiger partial charge on any atom is 0.311 e. The molecule has 0 atom stereocenters. The van der Waals surface area contributed by atoms with Crippen LogP contribution in [0.15, 0.2) is 9.72 Å². The van der Waals surface area contributed by atoms with Gasteiger partial charge < -0.3 is 15.8 Å². The number of carbonyl (C=O) groups excluding carboxylic acids is 3. The molecule has 0 unspecified atom stereocenters. The van der Waals surface area contributed by atoms with Crippen molar-refractivity contribution in [2.24, 2.45) is 5.73 Å². The lowest BCUT2D eigenvalue weighted by Crippen LogP contribution is -2.34. The van der Waals surface area contributed by atoms with E-state index in [1.165, 1.54) is 23.1 Å². The Morgan fingerprint density at radius 3 is 2.90 bits per heavy atom. The fourth-order valence-corrected chi connectivity index (χ4v) is 2.83. The van der Waals surface area contributed by atoms with Crippen LogP contribution < -0.4 is 11.1 Å². The van der Waals surface area contributed by atoms with Crippen LogP contribution >= 0.6 is 23.1 Å². The van der Waals surface area contributed by atoms with Crippen LogP contribution in [0.5, 0.6) is 0 Å². The highest BCUT2D eigenvalue weighted by Crippen LogP contribution is 2.22. The molecule has 0 aliphatic carbocycles. The van der Waals surface area contributed by atoms with E-state index in [1.54, 1.807) is 12.3 Å². The number of primary amides is 1. The fraction of sp³-hybridized carbons (Fsp3) is 0.455. The highest BCUT2D eigenvalue weighted by Gasteiger charge is 2.10. The van der Waals surface area contributed by atoms with Crippen molar-refractivity contribution in [2.75, 3.05) is 18.9 Å². The molecule has 0 aromatic carbocycles. The Kier molecular flexibility index (Phi) is 7.02. The SMILES string of the molecule is CCOC(=O)Cc1csc(SCC(=O)NCC(N)=O)n1. The van der Waals surface area contributed by atoms with E-state index in [-0.39, 0.29) is 30.6 Å². The minimum absolute atomic E-state index is 0.124. The number of thiazole rings is 1. The van der Waals surface area contributed by atoms with Gasteiger partial charge in [-0.05, 0) is 6.92 Å². The van der Waals surface area contributed by atoms with Gasteiger partial charge in [0.2, 0.25) is 11.8 Å². The zero-order chi connectivity index (χ0) is 15.0. The second-order valence-electron chi connectivity index (χ2n) is 3.62. The molecule has 9 heteroatoms. The van der Waals surface area contributed by atoms with E-state index >= 15 is 0 Å². The van der Waals surface area contributed by atoms with Crippen molar-refractivity contribution in [3.63, 3.8) is 0 Å². The van der Waals surface area contributed by atoms with Crippen LogP contribution in [0.25, 0.3) is 0 Å². The van der Waals surface area contributed by atoms with Crippen LogP contribution in [-0.2, 0) is 25.5 Å². The van der Waals surface area contributed by atoms with Crippen molar-refractivity contribution in [1.82, 2.24) is 10.3 Å². The molecule has 1 aromatic rings. The van der Waals surface area contributed by atoms with E-state index in [4.69, 9.17) is 10.5 Å². The Balaban J connectivity index is 2.35. The third-order valence-corrected chi connectivity index (χ3v) is 4.02. The molecule has 1 heterocycles. The largest absolute Gasteiger partial charge is 0.466 e. The van der Waals surface area contributed by atoms with Gasteiger partial charge in [-0.2, -0.15) is 0 Å². The van der Waals surface area contributed by atoms with Gasteiger partial charge in [-0.15, -0.1) is 11.3 Å². The molecule has 0 saturated heterocycles. The third kappa shape index (κ3) is 6.53. The quantitative estimate of drug-likeness (QED) is 0.513. The lowest BCUT2D eigenvalue weighted by Gasteiger charge is -2.00. The van der Waals surface area contributed by atoms with E-state index in [0.29, 0.717) is 16.6 Å². The molecular weight excluding hydrogens is 302 g/mol. The summed E-state index contributed by atoms with van der Waals surface area (Å²) in [5.41, 5.74) is 5.53. The van der Waals surface area contributed by atoms with Crippen LogP contribution in [-0.4, -0.2) is 41.7 Å². The van der Waals surface area contributed by atoms with Gasteiger partial charge in [0, 0.05) is 5.38 Å². The molecule has 3 N–H and O–H groups in total. The van der Waals surface area contributed by atoms with E-state index < -0.39 is 5.91 Å². The van der Waals surface area contributed by atoms with Gasteiger partial charge in [0.15, 0.2) is 4.34 Å². The first-order valence-corrected chi connectivity index (χ1v) is 7.65. The minimum atomic E-state index is -0.589. The number of nitrogens with one attached hydrogen (secondary N) is 1. The number of esters is 1. The summed E-state index contributed by atoms with van der Waals surface area (Å²) in [7, 11) is 0. The lowest BCUT2D eigenvalue weighted by molar-refractivity contribution is -0.142. The summed E-state index contributed by atoms with van der Waals surface area (Å²) in [5, 5.41) is 4.13. The van der Waals surface area contributed by atoms with Gasteiger partial charge in [0.25, 0.3) is 0 Å². The molecular formula is C11H15N3O4S2. The van der Waals surface area contributed by atoms with Gasteiger partial charge >= 0.3 is 5.97 Å². The second kappa shape index (κ2) is 8.54. The Labute approximate surface area is 124 Å². The standard InChI is InChI=1S/C11H15N3O4S2/c1-2-18-10(17)3-7-5-19-11(14-7)20-6-9(16)13-4-8(12)15/h5H,2-4,6H2,1H3,(H2,12,15)(H,13,16). The normalized spacial score (nSPS) is 10.1. The van der Waals surface area contributed by atoms with Crippen molar-refractivity contribution in [3.05, 3.63) is 11.1 Å². The second-order valence-corrected chi connectivity index (χ2v) is 5.70. The number of ether oxygens (including phenoxy) is 1. The summed E-state index contributed by atoms with van der Waals surface area (Å²) >= 11 is 2.58. The number of rotatable bonds is 8. The molecule has 2 amide bonds. The summed E-state index contributed by atoms with van der Waals surface area (Å²) in [4.78, 5) is 37.3. The molecule has 0 fully saturated rings. The fourth-order valence-electron chi connectivity index (χ4n) is 1.16. The molecule has 1 rings (SSSR count). The average molecular weight is 317 g/mol. The molecule has 0 aliphatic rings. The van der Waals surface area contributed by atoms with Gasteiger partial charge in [0.05, 0.1) is 31.0 Å². The summed E-state index contributed by atoms with van der Waals surface area (Å²) in [6.45, 7) is 1.90. The molecule has 7 nitrogen and oxygen atoms in total. The van der Waals surface area contributed by atoms with E-state index in [2.05, 4.69) is 10.3 Å². The Morgan fingerprint density at radius 2 is 2.25 bits per heavy atom. The molecule has 0 aliphatic heterocycles. The van der Waals surface area contributed by atoms with Crippen LogP contribution in [0.4, 0.5) is 0 Å². The first-order chi connectivity index (χ1) is 9.51. The number of nitrogens with two attached hydrogens (primary N) is 1. The van der Waals surface area contributed by atoms with Gasteiger partial charge in [-0.1, -0.05) is 11.8 Å². The van der Waals surface area contributed by atoms with Gasteiger partial charge in [0.1, 0.15) is 0 Å². The highest BCUT2D eigenvalue weighted by atomic mass is 32.2. The minimum Gasteiger partial charge on any atom is -0.466 e. The number of aromatic nitrogens is 1. The third-order valence-electron chi connectivity index (χ3n) is 1.95. The monoisotopic (exact) mass is 317 g/mol. The number of nitrogens with zero attached hydrogens (tertiary/aromatic N) is 1. The lowest BCUT2D eigenvalue weighted by atomic mass is 10.3. The molecule has 1 aromatic heterocycles. The number of carbonyl (C=O) groups is 3. The topological polar surface area (TPSA) is 111 Å². The van der Waals surface area contributed by atoms with Crippen molar-refractivity contribution < 1.29 is 19.1 Å². The Hall–Kier alpha value is -1.61. The summed E-state index contributed by atoms with van der Waals surface area (Å²) in [6, 6.07) is 0. The molecule has 110 valence electrons. The maximum atomic E-state index is 11.4. The highest BCUT2D eigenvalue weighted by molar-refractivity contribution is 8.01. The zero-order valence-corrected chi connectivity index (χ0v) is 12.5. The number of amides is 2. The van der Waals surface area contributed by atoms with Crippen molar-refractivity contribution in [1.29, 1.82) is 0 Å².